The Hall–Kier alpha value is -2.33. The van der Waals surface area contributed by atoms with Crippen LogP contribution in [0.4, 0.5) is 0 Å². The fraction of sp³-hybridized carbons (Fsp3) is 0.316. The molecule has 0 saturated carbocycles. The number of nitrogens with one attached hydrogen (secondary N) is 1. The number of aryl methyl sites for hydroxylation is 1. The second-order valence-corrected chi connectivity index (χ2v) is 5.53. The number of carbonyl (C=O) groups excluding carboxylic acids is 1. The number of phenolic OH excluding ortho intramolecular Hbond substituents is 1. The van der Waals surface area contributed by atoms with Gasteiger partial charge in [0, 0.05) is 13.0 Å². The number of aromatic hydroxyl groups is 1. The maximum atomic E-state index is 12.2. The smallest absolute Gasteiger partial charge is 0.220 e. The lowest BCUT2D eigenvalue weighted by Crippen LogP contribution is -2.29. The number of aliphatic hydroxyl groups is 1. The molecule has 2 aromatic carbocycles. The average molecular weight is 313 g/mol. The molecule has 3 N–H and O–H groups in total. The van der Waals surface area contributed by atoms with Crippen molar-refractivity contribution in [1.82, 2.24) is 5.32 Å². The lowest BCUT2D eigenvalue weighted by atomic mass is 10.0. The van der Waals surface area contributed by atoms with Gasteiger partial charge in [-0.1, -0.05) is 48.5 Å². The van der Waals surface area contributed by atoms with Crippen LogP contribution in [0.25, 0.3) is 0 Å². The fourth-order valence-corrected chi connectivity index (χ4v) is 2.54. The molecule has 1 unspecified atom stereocenters. The SMILES string of the molecule is O=C(CCc1ccccc1O)NC(CCCO)c1ccccc1. The van der Waals surface area contributed by atoms with E-state index in [1.165, 1.54) is 0 Å². The van der Waals surface area contributed by atoms with E-state index in [0.29, 0.717) is 25.7 Å². The molecule has 0 bridgehead atoms. The van der Waals surface area contributed by atoms with Gasteiger partial charge in [0.1, 0.15) is 5.75 Å². The highest BCUT2D eigenvalue weighted by Gasteiger charge is 2.14. The Morgan fingerprint density at radius 3 is 2.43 bits per heavy atom. The number of rotatable bonds is 8. The molecule has 122 valence electrons. The van der Waals surface area contributed by atoms with E-state index in [2.05, 4.69) is 5.32 Å². The first kappa shape index (κ1) is 17.0. The number of carbonyl (C=O) groups is 1. The van der Waals surface area contributed by atoms with Crippen LogP contribution in [-0.4, -0.2) is 22.7 Å². The van der Waals surface area contributed by atoms with Crippen LogP contribution in [0.2, 0.25) is 0 Å². The molecular weight excluding hydrogens is 290 g/mol. The predicted molar refractivity (Wildman–Crippen MR) is 90.1 cm³/mol. The number of hydrogen-bond donors (Lipinski definition) is 3. The van der Waals surface area contributed by atoms with Crippen LogP contribution in [0, 0.1) is 0 Å². The van der Waals surface area contributed by atoms with Gasteiger partial charge in [0.25, 0.3) is 0 Å². The molecule has 1 amide bonds. The van der Waals surface area contributed by atoms with Gasteiger partial charge >= 0.3 is 0 Å². The monoisotopic (exact) mass is 313 g/mol. The fourth-order valence-electron chi connectivity index (χ4n) is 2.54. The van der Waals surface area contributed by atoms with Crippen molar-refractivity contribution in [3.63, 3.8) is 0 Å². The van der Waals surface area contributed by atoms with Crippen LogP contribution in [0.15, 0.2) is 54.6 Å². The van der Waals surface area contributed by atoms with E-state index in [9.17, 15) is 9.90 Å². The van der Waals surface area contributed by atoms with Gasteiger partial charge in [0.2, 0.25) is 5.91 Å². The number of aliphatic hydroxyl groups excluding tert-OH is 1. The number of amides is 1. The zero-order chi connectivity index (χ0) is 16.5. The van der Waals surface area contributed by atoms with E-state index in [0.717, 1.165) is 11.1 Å². The quantitative estimate of drug-likeness (QED) is 0.702. The normalized spacial score (nSPS) is 11.9. The maximum Gasteiger partial charge on any atom is 0.220 e. The molecule has 0 saturated heterocycles. The topological polar surface area (TPSA) is 69.6 Å². The Bertz CT molecular complexity index is 613. The molecule has 0 heterocycles. The van der Waals surface area contributed by atoms with Gasteiger partial charge in [-0.05, 0) is 36.5 Å². The van der Waals surface area contributed by atoms with Crippen molar-refractivity contribution >= 4 is 5.91 Å². The molecule has 0 fully saturated rings. The van der Waals surface area contributed by atoms with Gasteiger partial charge < -0.3 is 15.5 Å². The van der Waals surface area contributed by atoms with Crippen LogP contribution in [0.5, 0.6) is 5.75 Å². The van der Waals surface area contributed by atoms with Crippen molar-refractivity contribution in [2.45, 2.75) is 31.7 Å². The number of hydrogen-bond acceptors (Lipinski definition) is 3. The summed E-state index contributed by atoms with van der Waals surface area (Å²) < 4.78 is 0. The van der Waals surface area contributed by atoms with Crippen molar-refractivity contribution in [2.24, 2.45) is 0 Å². The minimum atomic E-state index is -0.0970. The maximum absolute atomic E-state index is 12.2. The Labute approximate surface area is 136 Å². The van der Waals surface area contributed by atoms with E-state index in [4.69, 9.17) is 5.11 Å². The highest BCUT2D eigenvalue weighted by Crippen LogP contribution is 2.20. The molecule has 1 atom stereocenters. The lowest BCUT2D eigenvalue weighted by Gasteiger charge is -2.19. The average Bonchev–Trinajstić information content (AvgIpc) is 2.58. The number of phenols is 1. The van der Waals surface area contributed by atoms with Crippen molar-refractivity contribution < 1.29 is 15.0 Å². The van der Waals surface area contributed by atoms with Crippen LogP contribution in [0.1, 0.15) is 36.4 Å². The summed E-state index contributed by atoms with van der Waals surface area (Å²) in [7, 11) is 0. The molecule has 0 aliphatic rings. The summed E-state index contributed by atoms with van der Waals surface area (Å²) in [6, 6.07) is 16.7. The van der Waals surface area contributed by atoms with Gasteiger partial charge in [0.05, 0.1) is 6.04 Å². The summed E-state index contributed by atoms with van der Waals surface area (Å²) in [5.41, 5.74) is 1.81. The predicted octanol–water partition coefficient (Wildman–Crippen LogP) is 2.95. The van der Waals surface area contributed by atoms with Gasteiger partial charge in [-0.3, -0.25) is 4.79 Å². The standard InChI is InChI=1S/C19H23NO3/c21-14-6-10-17(15-7-2-1-3-8-15)20-19(23)13-12-16-9-4-5-11-18(16)22/h1-5,7-9,11,17,21-22H,6,10,12-14H2,(H,20,23). The molecule has 0 aliphatic carbocycles. The van der Waals surface area contributed by atoms with Gasteiger partial charge in [0.15, 0.2) is 0 Å². The van der Waals surface area contributed by atoms with Crippen LogP contribution < -0.4 is 5.32 Å². The minimum Gasteiger partial charge on any atom is -0.508 e. The summed E-state index contributed by atoms with van der Waals surface area (Å²) in [6.45, 7) is 0.108. The largest absolute Gasteiger partial charge is 0.508 e. The lowest BCUT2D eigenvalue weighted by molar-refractivity contribution is -0.121. The molecule has 0 aliphatic heterocycles. The Morgan fingerprint density at radius 2 is 1.74 bits per heavy atom. The van der Waals surface area contributed by atoms with Crippen molar-refractivity contribution in [1.29, 1.82) is 0 Å². The van der Waals surface area contributed by atoms with Crippen molar-refractivity contribution in [3.05, 3.63) is 65.7 Å². The van der Waals surface area contributed by atoms with E-state index in [1.807, 2.05) is 42.5 Å². The van der Waals surface area contributed by atoms with Crippen molar-refractivity contribution in [3.8, 4) is 5.75 Å². The van der Waals surface area contributed by atoms with E-state index in [-0.39, 0.29) is 24.3 Å². The number of para-hydroxylation sites is 1. The first-order valence-corrected chi connectivity index (χ1v) is 7.92. The van der Waals surface area contributed by atoms with Crippen LogP contribution in [0.3, 0.4) is 0 Å². The summed E-state index contributed by atoms with van der Waals surface area (Å²) >= 11 is 0. The highest BCUT2D eigenvalue weighted by atomic mass is 16.3. The molecule has 23 heavy (non-hydrogen) atoms. The number of benzene rings is 2. The van der Waals surface area contributed by atoms with Crippen LogP contribution in [-0.2, 0) is 11.2 Å². The Kier molecular flexibility index (Phi) is 6.63. The summed E-state index contributed by atoms with van der Waals surface area (Å²) in [4.78, 5) is 12.2. The molecule has 0 spiro atoms. The second-order valence-electron chi connectivity index (χ2n) is 5.53. The summed E-state index contributed by atoms with van der Waals surface area (Å²) in [5.74, 6) is 0.167. The molecule has 4 nitrogen and oxygen atoms in total. The molecule has 0 aromatic heterocycles. The van der Waals surface area contributed by atoms with E-state index < -0.39 is 0 Å². The minimum absolute atomic E-state index is 0.0555. The third-order valence-electron chi connectivity index (χ3n) is 3.80. The molecule has 4 heteroatoms. The third kappa shape index (κ3) is 5.42. The molecule has 0 radical (unpaired) electrons. The van der Waals surface area contributed by atoms with Gasteiger partial charge in [-0.15, -0.1) is 0 Å². The van der Waals surface area contributed by atoms with Crippen LogP contribution >= 0.6 is 0 Å². The second kappa shape index (κ2) is 8.96. The van der Waals surface area contributed by atoms with E-state index in [1.54, 1.807) is 12.1 Å². The highest BCUT2D eigenvalue weighted by molar-refractivity contribution is 5.76. The third-order valence-corrected chi connectivity index (χ3v) is 3.80. The molecular formula is C19H23NO3. The first-order chi connectivity index (χ1) is 11.2. The zero-order valence-electron chi connectivity index (χ0n) is 13.1. The zero-order valence-corrected chi connectivity index (χ0v) is 13.1. The molecule has 2 rings (SSSR count). The van der Waals surface area contributed by atoms with Gasteiger partial charge in [-0.25, -0.2) is 0 Å². The van der Waals surface area contributed by atoms with Crippen molar-refractivity contribution in [2.75, 3.05) is 6.61 Å². The Balaban J connectivity index is 1.93. The Morgan fingerprint density at radius 1 is 1.04 bits per heavy atom. The van der Waals surface area contributed by atoms with Gasteiger partial charge in [-0.2, -0.15) is 0 Å². The summed E-state index contributed by atoms with van der Waals surface area (Å²) in [5, 5.41) is 21.8. The van der Waals surface area contributed by atoms with E-state index >= 15 is 0 Å². The first-order valence-electron chi connectivity index (χ1n) is 7.92. The summed E-state index contributed by atoms with van der Waals surface area (Å²) in [6.07, 6.45) is 2.15. The molecule has 2 aromatic rings.